The molecule has 49 heavy (non-hydrogen) atoms. The van der Waals surface area contributed by atoms with Crippen LogP contribution in [0.2, 0.25) is 0 Å². The van der Waals surface area contributed by atoms with E-state index in [2.05, 4.69) is 37.9 Å². The Morgan fingerprint density at radius 2 is 1.78 bits per heavy atom. The first-order valence-electron chi connectivity index (χ1n) is 16.0. The second-order valence-electron chi connectivity index (χ2n) is 12.3. The van der Waals surface area contributed by atoms with Crippen molar-refractivity contribution in [2.45, 2.75) is 32.4 Å². The van der Waals surface area contributed by atoms with E-state index >= 15 is 0 Å². The third-order valence-electron chi connectivity index (χ3n) is 8.80. The highest BCUT2D eigenvalue weighted by molar-refractivity contribution is 5.95. The molecule has 0 bridgehead atoms. The van der Waals surface area contributed by atoms with Gasteiger partial charge in [0.2, 0.25) is 5.95 Å². The lowest BCUT2D eigenvalue weighted by atomic mass is 10.1. The topological polar surface area (TPSA) is 109 Å². The molecule has 1 aliphatic heterocycles. The van der Waals surface area contributed by atoms with E-state index in [1.165, 1.54) is 21.5 Å². The Morgan fingerprint density at radius 3 is 2.53 bits per heavy atom. The molecule has 6 rings (SSSR count). The fourth-order valence-corrected chi connectivity index (χ4v) is 5.88. The normalized spacial score (nSPS) is 14.1. The van der Waals surface area contributed by atoms with Gasteiger partial charge in [0.1, 0.15) is 11.4 Å². The van der Waals surface area contributed by atoms with Gasteiger partial charge in [0, 0.05) is 42.6 Å². The summed E-state index contributed by atoms with van der Waals surface area (Å²) in [7, 11) is 3.72. The number of carbonyl (C=O) groups excluding carboxylic acids is 1. The molecule has 3 aromatic carbocycles. The summed E-state index contributed by atoms with van der Waals surface area (Å²) in [5, 5.41) is 9.93. The Labute approximate surface area is 281 Å². The molecule has 1 saturated heterocycles. The van der Waals surface area contributed by atoms with Gasteiger partial charge in [0.25, 0.3) is 11.5 Å². The lowest BCUT2D eigenvalue weighted by Crippen LogP contribution is -2.36. The summed E-state index contributed by atoms with van der Waals surface area (Å²) in [5.41, 5.74) is 2.86. The molecule has 0 radical (unpaired) electrons. The molecule has 0 saturated carbocycles. The van der Waals surface area contributed by atoms with Crippen molar-refractivity contribution < 1.29 is 18.0 Å². The zero-order chi connectivity index (χ0) is 34.7. The van der Waals surface area contributed by atoms with Crippen LogP contribution in [-0.2, 0) is 13.6 Å². The van der Waals surface area contributed by atoms with E-state index in [1.807, 2.05) is 24.3 Å². The molecule has 0 unspecified atom stereocenters. The third kappa shape index (κ3) is 7.67. The second kappa shape index (κ2) is 14.4. The number of rotatable bonds is 10. The SMILES string of the molecule is Cc1c(C(=O)NC/C=C/c2ccc3nc(Nc4ccc(NC5CCN(C)CC5)c(F)c4)ncc3c2)c(=O)n(Cc2ccc(F)c(F)c2)n1C. The molecule has 1 amide bonds. The van der Waals surface area contributed by atoms with Gasteiger partial charge in [-0.15, -0.1) is 0 Å². The number of nitrogens with zero attached hydrogens (tertiary/aromatic N) is 5. The minimum absolute atomic E-state index is 0.0197. The maximum atomic E-state index is 14.9. The highest BCUT2D eigenvalue weighted by atomic mass is 19.2. The van der Waals surface area contributed by atoms with E-state index in [4.69, 9.17) is 0 Å². The van der Waals surface area contributed by atoms with Crippen molar-refractivity contribution in [1.82, 2.24) is 29.5 Å². The van der Waals surface area contributed by atoms with Gasteiger partial charge in [-0.2, -0.15) is 0 Å². The molecule has 1 aliphatic rings. The zero-order valence-corrected chi connectivity index (χ0v) is 27.4. The predicted octanol–water partition coefficient (Wildman–Crippen LogP) is 5.60. The van der Waals surface area contributed by atoms with Gasteiger partial charge in [0.05, 0.1) is 17.7 Å². The van der Waals surface area contributed by atoms with Crippen LogP contribution in [0, 0.1) is 24.4 Å². The molecule has 2 aromatic heterocycles. The molecule has 3 N–H and O–H groups in total. The van der Waals surface area contributed by atoms with Crippen molar-refractivity contribution in [2.24, 2.45) is 7.05 Å². The number of hydrogen-bond donors (Lipinski definition) is 3. The average Bonchev–Trinajstić information content (AvgIpc) is 3.29. The summed E-state index contributed by atoms with van der Waals surface area (Å²) in [5.74, 6) is -2.52. The van der Waals surface area contributed by atoms with Crippen LogP contribution in [0.5, 0.6) is 0 Å². The molecule has 5 aromatic rings. The molecular formula is C36H37F3N8O2. The average molecular weight is 671 g/mol. The Bertz CT molecular complexity index is 2100. The monoisotopic (exact) mass is 670 g/mol. The van der Waals surface area contributed by atoms with Gasteiger partial charge in [-0.1, -0.05) is 24.3 Å². The fourth-order valence-electron chi connectivity index (χ4n) is 5.88. The smallest absolute Gasteiger partial charge is 0.280 e. The number of hydrogen-bond acceptors (Lipinski definition) is 7. The highest BCUT2D eigenvalue weighted by Gasteiger charge is 2.21. The number of halogens is 3. The molecule has 1 fully saturated rings. The Balaban J connectivity index is 1.05. The number of likely N-dealkylation sites (tertiary alicyclic amines) is 1. The van der Waals surface area contributed by atoms with E-state index in [0.29, 0.717) is 34.1 Å². The standard InChI is InChI=1S/C36H37F3N8O2/c1-22-33(35(49)47(46(22)3)21-24-6-9-28(37)29(38)18-24)34(48)40-14-4-5-23-7-10-31-25(17-23)20-41-36(44-31)43-27-8-11-32(30(39)19-27)42-26-12-15-45(2)16-13-26/h4-11,17-20,26,42H,12-16,21H2,1-3H3,(H,40,48)(H,41,43,44)/b5-4+. The van der Waals surface area contributed by atoms with Gasteiger partial charge in [-0.25, -0.2) is 27.8 Å². The first kappa shape index (κ1) is 33.5. The molecule has 254 valence electrons. The van der Waals surface area contributed by atoms with Crippen molar-refractivity contribution in [3.63, 3.8) is 0 Å². The van der Waals surface area contributed by atoms with Crippen molar-refractivity contribution >= 4 is 40.2 Å². The Hall–Kier alpha value is -5.43. The number of carbonyl (C=O) groups is 1. The number of nitrogens with one attached hydrogen (secondary N) is 3. The van der Waals surface area contributed by atoms with E-state index in [9.17, 15) is 22.8 Å². The minimum atomic E-state index is -1.01. The second-order valence-corrected chi connectivity index (χ2v) is 12.3. The largest absolute Gasteiger partial charge is 0.380 e. The van der Waals surface area contributed by atoms with Gasteiger partial charge in [-0.3, -0.25) is 14.3 Å². The number of benzene rings is 3. The summed E-state index contributed by atoms with van der Waals surface area (Å²) >= 11 is 0. The van der Waals surface area contributed by atoms with Crippen LogP contribution in [-0.4, -0.2) is 62.9 Å². The number of amides is 1. The summed E-state index contributed by atoms with van der Waals surface area (Å²) in [6.45, 7) is 3.76. The van der Waals surface area contributed by atoms with Crippen molar-refractivity contribution in [1.29, 1.82) is 0 Å². The summed E-state index contributed by atoms with van der Waals surface area (Å²) in [4.78, 5) is 37.3. The van der Waals surface area contributed by atoms with E-state index < -0.39 is 23.1 Å². The number of piperidine rings is 1. The van der Waals surface area contributed by atoms with Crippen LogP contribution in [0.3, 0.4) is 0 Å². The van der Waals surface area contributed by atoms with Gasteiger partial charge < -0.3 is 20.9 Å². The van der Waals surface area contributed by atoms with Crippen molar-refractivity contribution in [3.8, 4) is 0 Å². The van der Waals surface area contributed by atoms with Crippen LogP contribution in [0.4, 0.5) is 30.5 Å². The first-order chi connectivity index (χ1) is 23.5. The lowest BCUT2D eigenvalue weighted by Gasteiger charge is -2.30. The van der Waals surface area contributed by atoms with Crippen LogP contribution in [0.15, 0.2) is 71.7 Å². The van der Waals surface area contributed by atoms with E-state index in [1.54, 1.807) is 38.4 Å². The number of aromatic nitrogens is 4. The van der Waals surface area contributed by atoms with Crippen LogP contribution in [0.25, 0.3) is 17.0 Å². The Morgan fingerprint density at radius 1 is 0.980 bits per heavy atom. The maximum Gasteiger partial charge on any atom is 0.280 e. The van der Waals surface area contributed by atoms with Gasteiger partial charge in [-0.05, 0) is 93.5 Å². The zero-order valence-electron chi connectivity index (χ0n) is 27.4. The number of anilines is 3. The molecule has 3 heterocycles. The lowest BCUT2D eigenvalue weighted by molar-refractivity contribution is 0.0956. The fraction of sp³-hybridized carbons (Fsp3) is 0.278. The van der Waals surface area contributed by atoms with Crippen LogP contribution >= 0.6 is 0 Å². The van der Waals surface area contributed by atoms with Crippen LogP contribution < -0.4 is 21.5 Å². The quantitative estimate of drug-likeness (QED) is 0.178. The molecule has 0 spiro atoms. The molecule has 0 atom stereocenters. The summed E-state index contributed by atoms with van der Waals surface area (Å²) < 4.78 is 44.7. The van der Waals surface area contributed by atoms with E-state index in [-0.39, 0.29) is 30.5 Å². The minimum Gasteiger partial charge on any atom is -0.380 e. The molecule has 13 heteroatoms. The van der Waals surface area contributed by atoms with Crippen molar-refractivity contribution in [2.75, 3.05) is 37.3 Å². The highest BCUT2D eigenvalue weighted by Crippen LogP contribution is 2.24. The third-order valence-corrected chi connectivity index (χ3v) is 8.80. The Kier molecular flexibility index (Phi) is 9.81. The molecule has 0 aliphatic carbocycles. The predicted molar refractivity (Wildman–Crippen MR) is 185 cm³/mol. The van der Waals surface area contributed by atoms with Gasteiger partial charge >= 0.3 is 0 Å². The maximum absolute atomic E-state index is 14.9. The summed E-state index contributed by atoms with van der Waals surface area (Å²) in [6, 6.07) is 14.3. The van der Waals surface area contributed by atoms with Crippen molar-refractivity contribution in [3.05, 3.63) is 117 Å². The van der Waals surface area contributed by atoms with Gasteiger partial charge in [0.15, 0.2) is 11.6 Å². The molecular weight excluding hydrogens is 633 g/mol. The summed E-state index contributed by atoms with van der Waals surface area (Å²) in [6.07, 6.45) is 7.21. The first-order valence-corrected chi connectivity index (χ1v) is 16.0. The van der Waals surface area contributed by atoms with E-state index in [0.717, 1.165) is 49.0 Å². The number of fused-ring (bicyclic) bond motifs is 1. The van der Waals surface area contributed by atoms with Crippen LogP contribution in [0.1, 0.15) is 40.0 Å². The molecule has 10 nitrogen and oxygen atoms in total.